The number of nitrogens with zero attached hydrogens (tertiary/aromatic N) is 1. The summed E-state index contributed by atoms with van der Waals surface area (Å²) in [4.78, 5) is 26.2. The first-order chi connectivity index (χ1) is 15.2. The van der Waals surface area contributed by atoms with Crippen LogP contribution in [0, 0.1) is 0 Å². The van der Waals surface area contributed by atoms with Gasteiger partial charge in [0.2, 0.25) is 0 Å². The predicted octanol–water partition coefficient (Wildman–Crippen LogP) is 5.08. The van der Waals surface area contributed by atoms with E-state index in [1.165, 1.54) is 0 Å². The highest BCUT2D eigenvalue weighted by atomic mass is 16.6. The second-order valence-corrected chi connectivity index (χ2v) is 7.18. The molecule has 0 atom stereocenters. The Hall–Kier alpha value is -3.70. The monoisotopic (exact) mass is 413 g/mol. The van der Waals surface area contributed by atoms with E-state index in [-0.39, 0.29) is 11.9 Å². The van der Waals surface area contributed by atoms with Crippen LogP contribution in [0.3, 0.4) is 0 Å². The molecule has 1 amide bonds. The molecule has 1 heterocycles. The van der Waals surface area contributed by atoms with Crippen molar-refractivity contribution in [2.24, 2.45) is 0 Å². The summed E-state index contributed by atoms with van der Waals surface area (Å²) in [6.45, 7) is 2.13. The van der Waals surface area contributed by atoms with Crippen molar-refractivity contribution >= 4 is 18.0 Å². The van der Waals surface area contributed by atoms with Crippen LogP contribution in [0.25, 0.3) is 17.2 Å². The Morgan fingerprint density at radius 3 is 2.13 bits per heavy atom. The Labute approximate surface area is 181 Å². The molecule has 1 fully saturated rings. The highest BCUT2D eigenvalue weighted by Gasteiger charge is 2.18. The minimum Gasteiger partial charge on any atom is -0.410 e. The van der Waals surface area contributed by atoms with Gasteiger partial charge in [-0.05, 0) is 34.9 Å². The fourth-order valence-electron chi connectivity index (χ4n) is 3.28. The van der Waals surface area contributed by atoms with Crippen molar-refractivity contribution in [1.29, 1.82) is 0 Å². The molecule has 31 heavy (non-hydrogen) atoms. The number of ether oxygens (including phenoxy) is 2. The van der Waals surface area contributed by atoms with Crippen molar-refractivity contribution in [2.75, 3.05) is 26.3 Å². The maximum atomic E-state index is 12.5. The molecule has 156 valence electrons. The standard InChI is InChI=1S/C26H23NO4/c28-25(23-11-9-22(10-12-23)21-4-2-1-3-5-21)15-8-20-6-13-24(14-7-20)31-26(29)27-16-18-30-19-17-27/h1-15H,16-19H2. The third-order valence-electron chi connectivity index (χ3n) is 5.06. The highest BCUT2D eigenvalue weighted by Crippen LogP contribution is 2.20. The first-order valence-electron chi connectivity index (χ1n) is 10.2. The number of rotatable bonds is 5. The van der Waals surface area contributed by atoms with Gasteiger partial charge in [0.05, 0.1) is 13.2 Å². The Morgan fingerprint density at radius 1 is 0.806 bits per heavy atom. The molecule has 3 aromatic carbocycles. The molecule has 0 unspecified atom stereocenters. The number of allylic oxidation sites excluding steroid dienone is 1. The summed E-state index contributed by atoms with van der Waals surface area (Å²) in [5.41, 5.74) is 3.67. The molecule has 0 aromatic heterocycles. The summed E-state index contributed by atoms with van der Waals surface area (Å²) in [6.07, 6.45) is 2.92. The fraction of sp³-hybridized carbons (Fsp3) is 0.154. The van der Waals surface area contributed by atoms with E-state index in [4.69, 9.17) is 9.47 Å². The van der Waals surface area contributed by atoms with Gasteiger partial charge in [-0.2, -0.15) is 0 Å². The van der Waals surface area contributed by atoms with E-state index in [2.05, 4.69) is 0 Å². The molecule has 5 nitrogen and oxygen atoms in total. The van der Waals surface area contributed by atoms with Crippen molar-refractivity contribution in [2.45, 2.75) is 0 Å². The highest BCUT2D eigenvalue weighted by molar-refractivity contribution is 6.07. The Balaban J connectivity index is 1.34. The number of hydrogen-bond donors (Lipinski definition) is 0. The number of amides is 1. The lowest BCUT2D eigenvalue weighted by molar-refractivity contribution is 0.0416. The van der Waals surface area contributed by atoms with Crippen molar-refractivity contribution in [1.82, 2.24) is 4.90 Å². The van der Waals surface area contributed by atoms with Crippen molar-refractivity contribution in [3.8, 4) is 16.9 Å². The number of morpholine rings is 1. The van der Waals surface area contributed by atoms with Crippen LogP contribution >= 0.6 is 0 Å². The summed E-state index contributed by atoms with van der Waals surface area (Å²) < 4.78 is 10.6. The van der Waals surface area contributed by atoms with E-state index in [1.54, 1.807) is 29.2 Å². The van der Waals surface area contributed by atoms with Crippen LogP contribution in [0.1, 0.15) is 15.9 Å². The molecule has 0 N–H and O–H groups in total. The summed E-state index contributed by atoms with van der Waals surface area (Å²) >= 11 is 0. The third kappa shape index (κ3) is 5.47. The van der Waals surface area contributed by atoms with Gasteiger partial charge in [0.25, 0.3) is 0 Å². The van der Waals surface area contributed by atoms with E-state index >= 15 is 0 Å². The zero-order valence-electron chi connectivity index (χ0n) is 17.1. The molecule has 0 bridgehead atoms. The van der Waals surface area contributed by atoms with Gasteiger partial charge in [0, 0.05) is 18.7 Å². The second kappa shape index (κ2) is 9.87. The number of ketones is 1. The van der Waals surface area contributed by atoms with Crippen LogP contribution in [-0.4, -0.2) is 43.1 Å². The van der Waals surface area contributed by atoms with Gasteiger partial charge >= 0.3 is 6.09 Å². The number of hydrogen-bond acceptors (Lipinski definition) is 4. The molecule has 3 aromatic rings. The molecular formula is C26H23NO4. The molecule has 0 radical (unpaired) electrons. The lowest BCUT2D eigenvalue weighted by Gasteiger charge is -2.25. The number of carbonyl (C=O) groups is 2. The molecule has 0 saturated carbocycles. The largest absolute Gasteiger partial charge is 0.415 e. The summed E-state index contributed by atoms with van der Waals surface area (Å²) in [7, 11) is 0. The SMILES string of the molecule is O=C(C=Cc1ccc(OC(=O)N2CCOCC2)cc1)c1ccc(-c2ccccc2)cc1. The molecular weight excluding hydrogens is 390 g/mol. The van der Waals surface area contributed by atoms with Crippen molar-refractivity contribution in [3.05, 3.63) is 96.1 Å². The molecule has 1 aliphatic heterocycles. The maximum absolute atomic E-state index is 12.5. The third-order valence-corrected chi connectivity index (χ3v) is 5.06. The maximum Gasteiger partial charge on any atom is 0.415 e. The first-order valence-corrected chi connectivity index (χ1v) is 10.2. The van der Waals surface area contributed by atoms with Crippen LogP contribution in [0.4, 0.5) is 4.79 Å². The Bertz CT molecular complexity index is 1050. The quantitative estimate of drug-likeness (QED) is 0.432. The topological polar surface area (TPSA) is 55.8 Å². The molecule has 4 rings (SSSR count). The smallest absolute Gasteiger partial charge is 0.410 e. The van der Waals surface area contributed by atoms with E-state index in [0.717, 1.165) is 16.7 Å². The predicted molar refractivity (Wildman–Crippen MR) is 120 cm³/mol. The van der Waals surface area contributed by atoms with Gasteiger partial charge in [-0.25, -0.2) is 4.79 Å². The molecule has 5 heteroatoms. The number of benzene rings is 3. The average molecular weight is 413 g/mol. The Kier molecular flexibility index (Phi) is 6.55. The normalized spacial score (nSPS) is 13.9. The van der Waals surface area contributed by atoms with Gasteiger partial charge in [-0.3, -0.25) is 4.79 Å². The molecule has 1 saturated heterocycles. The van der Waals surface area contributed by atoms with Crippen molar-refractivity contribution in [3.63, 3.8) is 0 Å². The van der Waals surface area contributed by atoms with Crippen LogP contribution in [0.5, 0.6) is 5.75 Å². The molecule has 1 aliphatic rings. The van der Waals surface area contributed by atoms with Crippen LogP contribution in [-0.2, 0) is 4.74 Å². The van der Waals surface area contributed by atoms with Crippen molar-refractivity contribution < 1.29 is 19.1 Å². The summed E-state index contributed by atoms with van der Waals surface area (Å²) in [5, 5.41) is 0. The summed E-state index contributed by atoms with van der Waals surface area (Å²) in [5.74, 6) is 0.402. The lowest BCUT2D eigenvalue weighted by Crippen LogP contribution is -2.42. The fourth-order valence-corrected chi connectivity index (χ4v) is 3.28. The van der Waals surface area contributed by atoms with Gasteiger partial charge in [-0.1, -0.05) is 72.8 Å². The van der Waals surface area contributed by atoms with Crippen LogP contribution < -0.4 is 4.74 Å². The summed E-state index contributed by atoms with van der Waals surface area (Å²) in [6, 6.07) is 24.7. The lowest BCUT2D eigenvalue weighted by atomic mass is 10.0. The van der Waals surface area contributed by atoms with Gasteiger partial charge in [0.15, 0.2) is 5.78 Å². The van der Waals surface area contributed by atoms with E-state index in [9.17, 15) is 9.59 Å². The van der Waals surface area contributed by atoms with Gasteiger partial charge in [-0.15, -0.1) is 0 Å². The zero-order chi connectivity index (χ0) is 21.5. The van der Waals surface area contributed by atoms with Gasteiger partial charge < -0.3 is 14.4 Å². The van der Waals surface area contributed by atoms with Gasteiger partial charge in [0.1, 0.15) is 5.75 Å². The molecule has 0 spiro atoms. The zero-order valence-corrected chi connectivity index (χ0v) is 17.1. The molecule has 0 aliphatic carbocycles. The first kappa shape index (κ1) is 20.6. The van der Waals surface area contributed by atoms with E-state index in [1.807, 2.05) is 66.7 Å². The average Bonchev–Trinajstić information content (AvgIpc) is 2.84. The van der Waals surface area contributed by atoms with E-state index in [0.29, 0.717) is 37.6 Å². The van der Waals surface area contributed by atoms with Crippen LogP contribution in [0.2, 0.25) is 0 Å². The number of carbonyl (C=O) groups excluding carboxylic acids is 2. The van der Waals surface area contributed by atoms with Crippen LogP contribution in [0.15, 0.2) is 84.9 Å². The second-order valence-electron chi connectivity index (χ2n) is 7.18. The Morgan fingerprint density at radius 2 is 1.45 bits per heavy atom. The minimum absolute atomic E-state index is 0.0672. The van der Waals surface area contributed by atoms with E-state index < -0.39 is 0 Å². The minimum atomic E-state index is -0.374.